The van der Waals surface area contributed by atoms with Gasteiger partial charge in [0.2, 0.25) is 5.95 Å². The van der Waals surface area contributed by atoms with Crippen LogP contribution in [0.3, 0.4) is 0 Å². The molecule has 28 heavy (non-hydrogen) atoms. The molecule has 0 fully saturated rings. The van der Waals surface area contributed by atoms with E-state index in [2.05, 4.69) is 15.0 Å². The Kier molecular flexibility index (Phi) is 5.74. The van der Waals surface area contributed by atoms with Crippen LogP contribution in [0.25, 0.3) is 11.0 Å². The molecule has 156 valence electrons. The van der Waals surface area contributed by atoms with E-state index >= 15 is 0 Å². The van der Waals surface area contributed by atoms with Crippen LogP contribution in [-0.4, -0.2) is 49.9 Å². The van der Waals surface area contributed by atoms with Gasteiger partial charge in [0.1, 0.15) is 9.25 Å². The van der Waals surface area contributed by atoms with Crippen molar-refractivity contribution in [3.05, 3.63) is 24.3 Å². The molecule has 0 radical (unpaired) electrons. The highest BCUT2D eigenvalue weighted by atomic mass is 32.3. The number of carbonyl (C=O) groups excluding carboxylic acids is 2. The number of methoxy groups -OCH3 is 1. The molecular formula is C16H21F3N4O4S. The maximum atomic E-state index is 14.2. The van der Waals surface area contributed by atoms with Gasteiger partial charge in [0.25, 0.3) is 0 Å². The Morgan fingerprint density at radius 1 is 1.29 bits per heavy atom. The fraction of sp³-hybridized carbons (Fsp3) is 0.438. The predicted octanol–water partition coefficient (Wildman–Crippen LogP) is 3.46. The van der Waals surface area contributed by atoms with Crippen LogP contribution in [0, 0.1) is 0 Å². The van der Waals surface area contributed by atoms with Crippen molar-refractivity contribution in [2.75, 3.05) is 25.2 Å². The fourth-order valence-corrected chi connectivity index (χ4v) is 4.66. The highest BCUT2D eigenvalue weighted by Gasteiger charge is 2.65. The quantitative estimate of drug-likeness (QED) is 0.719. The molecule has 8 nitrogen and oxygen atoms in total. The summed E-state index contributed by atoms with van der Waals surface area (Å²) < 4.78 is 61.0. The van der Waals surface area contributed by atoms with Gasteiger partial charge in [-0.2, -0.15) is 13.2 Å². The second-order valence-electron chi connectivity index (χ2n) is 6.13. The van der Waals surface area contributed by atoms with Crippen molar-refractivity contribution < 1.29 is 31.7 Å². The summed E-state index contributed by atoms with van der Waals surface area (Å²) in [6.45, 7) is 1.71. The zero-order valence-electron chi connectivity index (χ0n) is 15.5. The standard InChI is InChI=1S/C16H21F3N4O4S/c1-4-5-10-20-15(25)28(3,26,16(17,18)19)23-12-9-7-6-8-11(12)21-13(23)22-14(24)27-2/h6-9H,4-5,10H2,1-3H3,(H,20,25)(H,21,22,24). The van der Waals surface area contributed by atoms with Crippen LogP contribution in [0.1, 0.15) is 19.8 Å². The van der Waals surface area contributed by atoms with Gasteiger partial charge in [-0.3, -0.25) is 10.1 Å². The maximum absolute atomic E-state index is 14.2. The number of rotatable bonds is 5. The summed E-state index contributed by atoms with van der Waals surface area (Å²) in [5.74, 6) is -0.712. The van der Waals surface area contributed by atoms with Crippen LogP contribution in [-0.2, 0) is 14.0 Å². The third-order valence-corrected chi connectivity index (χ3v) is 7.50. The lowest BCUT2D eigenvalue weighted by Crippen LogP contribution is -2.61. The van der Waals surface area contributed by atoms with Gasteiger partial charge in [-0.15, -0.1) is 0 Å². The van der Waals surface area contributed by atoms with Crippen molar-refractivity contribution >= 4 is 37.6 Å². The molecule has 2 N–H and O–H groups in total. The van der Waals surface area contributed by atoms with Crippen LogP contribution < -0.4 is 10.6 Å². The summed E-state index contributed by atoms with van der Waals surface area (Å²) in [5.41, 5.74) is -5.68. The number of hydrogen-bond donors (Lipinski definition) is 2. The second kappa shape index (κ2) is 7.41. The van der Waals surface area contributed by atoms with Crippen molar-refractivity contribution in [1.29, 1.82) is 0 Å². The Labute approximate surface area is 159 Å². The molecule has 0 aliphatic carbocycles. The summed E-state index contributed by atoms with van der Waals surface area (Å²) in [5, 5.41) is 2.42. The number of unbranched alkanes of at least 4 members (excludes halogenated alkanes) is 1. The summed E-state index contributed by atoms with van der Waals surface area (Å²) in [6.07, 6.45) is 0.227. The smallest absolute Gasteiger partial charge is 0.453 e. The molecule has 2 rings (SSSR count). The minimum Gasteiger partial charge on any atom is -0.453 e. The monoisotopic (exact) mass is 422 g/mol. The molecule has 2 aromatic rings. The average Bonchev–Trinajstić information content (AvgIpc) is 2.99. The maximum Gasteiger partial charge on any atom is 0.475 e. The summed E-state index contributed by atoms with van der Waals surface area (Å²) in [6, 6.07) is 5.50. The first-order valence-corrected chi connectivity index (χ1v) is 10.6. The number of ether oxygens (including phenoxy) is 1. The SMILES string of the molecule is CCCCNC(=O)S(C)(=O)(n1c(NC(=O)OC)nc2ccccc21)C(F)(F)F. The molecular weight excluding hydrogens is 401 g/mol. The number of halogens is 3. The molecule has 0 unspecified atom stereocenters. The number of hydrogen-bond acceptors (Lipinski definition) is 5. The van der Waals surface area contributed by atoms with Crippen LogP contribution in [0.5, 0.6) is 0 Å². The topological polar surface area (TPSA) is 102 Å². The molecule has 0 bridgehead atoms. The lowest BCUT2D eigenvalue weighted by atomic mass is 10.3. The first kappa shape index (κ1) is 21.7. The zero-order chi connectivity index (χ0) is 21.2. The number of fused-ring (bicyclic) bond motifs is 1. The van der Waals surface area contributed by atoms with E-state index < -0.39 is 32.0 Å². The molecule has 0 atom stereocenters. The molecule has 1 aromatic heterocycles. The van der Waals surface area contributed by atoms with Crippen molar-refractivity contribution in [2.45, 2.75) is 25.3 Å². The molecule has 0 aliphatic heterocycles. The minimum atomic E-state index is -6.32. The third-order valence-electron chi connectivity index (χ3n) is 4.14. The minimum absolute atomic E-state index is 0.0141. The third kappa shape index (κ3) is 3.32. The van der Waals surface area contributed by atoms with E-state index in [9.17, 15) is 27.0 Å². The predicted molar refractivity (Wildman–Crippen MR) is 99.6 cm³/mol. The van der Waals surface area contributed by atoms with E-state index in [1.54, 1.807) is 6.92 Å². The Hall–Kier alpha value is -2.63. The van der Waals surface area contributed by atoms with Gasteiger partial charge in [0, 0.05) is 12.8 Å². The van der Waals surface area contributed by atoms with E-state index in [-0.39, 0.29) is 21.6 Å². The van der Waals surface area contributed by atoms with Gasteiger partial charge in [0.15, 0.2) is 0 Å². The Morgan fingerprint density at radius 3 is 2.50 bits per heavy atom. The van der Waals surface area contributed by atoms with Gasteiger partial charge in [-0.1, -0.05) is 25.5 Å². The van der Waals surface area contributed by atoms with Gasteiger partial charge in [-0.05, 0) is 18.6 Å². The second-order valence-corrected chi connectivity index (χ2v) is 9.90. The average molecular weight is 422 g/mol. The normalized spacial score (nSPS) is 13.6. The lowest BCUT2D eigenvalue weighted by molar-refractivity contribution is -0.0448. The number of benzene rings is 1. The molecule has 0 saturated carbocycles. The number of carbonyl (C=O) groups is 2. The number of nitrogens with one attached hydrogen (secondary N) is 2. The van der Waals surface area contributed by atoms with Crippen LogP contribution in [0.4, 0.5) is 28.7 Å². The molecule has 0 spiro atoms. The number of para-hydroxylation sites is 2. The number of imidazole rings is 1. The van der Waals surface area contributed by atoms with E-state index in [1.807, 2.05) is 5.32 Å². The molecule has 12 heteroatoms. The first-order chi connectivity index (χ1) is 13.0. The van der Waals surface area contributed by atoms with Crippen molar-refractivity contribution in [3.63, 3.8) is 0 Å². The first-order valence-electron chi connectivity index (χ1n) is 8.29. The Morgan fingerprint density at radius 2 is 1.93 bits per heavy atom. The van der Waals surface area contributed by atoms with E-state index in [1.165, 1.54) is 24.3 Å². The number of amides is 2. The van der Waals surface area contributed by atoms with Gasteiger partial charge < -0.3 is 10.1 Å². The summed E-state index contributed by atoms with van der Waals surface area (Å²) in [4.78, 5) is 28.2. The van der Waals surface area contributed by atoms with Gasteiger partial charge in [-0.25, -0.2) is 18.0 Å². The van der Waals surface area contributed by atoms with E-state index in [4.69, 9.17) is 0 Å². The molecule has 0 aliphatic rings. The van der Waals surface area contributed by atoms with Crippen molar-refractivity contribution in [3.8, 4) is 0 Å². The molecule has 1 aromatic carbocycles. The van der Waals surface area contributed by atoms with E-state index in [0.29, 0.717) is 19.1 Å². The highest BCUT2D eigenvalue weighted by Crippen LogP contribution is 2.47. The number of aromatic nitrogens is 2. The number of nitrogens with zero attached hydrogens (tertiary/aromatic N) is 2. The number of anilines is 1. The summed E-state index contributed by atoms with van der Waals surface area (Å²) in [7, 11) is -5.31. The highest BCUT2D eigenvalue weighted by molar-refractivity contribution is 8.31. The fourth-order valence-electron chi connectivity index (χ4n) is 2.50. The Bertz CT molecular complexity index is 972. The summed E-state index contributed by atoms with van der Waals surface area (Å²) >= 11 is 0. The van der Waals surface area contributed by atoms with Crippen LogP contribution >= 0.6 is 0 Å². The number of alkyl halides is 3. The van der Waals surface area contributed by atoms with Crippen LogP contribution in [0.15, 0.2) is 24.3 Å². The largest absolute Gasteiger partial charge is 0.475 e. The molecule has 1 heterocycles. The van der Waals surface area contributed by atoms with Gasteiger partial charge in [0.05, 0.1) is 18.1 Å². The van der Waals surface area contributed by atoms with Crippen molar-refractivity contribution in [1.82, 2.24) is 14.3 Å². The van der Waals surface area contributed by atoms with Gasteiger partial charge >= 0.3 is 16.8 Å². The molecule has 2 amide bonds. The lowest BCUT2D eigenvalue weighted by Gasteiger charge is -2.40. The Balaban J connectivity index is 2.82. The van der Waals surface area contributed by atoms with E-state index in [0.717, 1.165) is 7.11 Å². The van der Waals surface area contributed by atoms with Crippen molar-refractivity contribution in [2.24, 2.45) is 0 Å². The molecule has 0 saturated heterocycles. The van der Waals surface area contributed by atoms with Crippen LogP contribution in [0.2, 0.25) is 0 Å². The zero-order valence-corrected chi connectivity index (χ0v) is 16.3.